The number of carbonyl (C=O) groups is 1. The molecular weight excluding hydrogens is 576 g/mol. The fraction of sp³-hybridized carbons (Fsp3) is 0.306. The number of nitrogens with one attached hydrogen (secondary N) is 4. The number of carbonyl (C=O) groups excluding carboxylic acids is 1. The molecule has 0 aliphatic carbocycles. The molecule has 0 saturated carbocycles. The molecule has 1 fully saturated rings. The van der Waals surface area contributed by atoms with Crippen molar-refractivity contribution in [3.8, 4) is 17.0 Å². The van der Waals surface area contributed by atoms with Crippen molar-refractivity contribution in [1.29, 1.82) is 0 Å². The topological polar surface area (TPSA) is 125 Å². The lowest BCUT2D eigenvalue weighted by Crippen LogP contribution is -2.31. The summed E-state index contributed by atoms with van der Waals surface area (Å²) in [6.45, 7) is 8.75. The van der Waals surface area contributed by atoms with Crippen LogP contribution in [-0.2, 0) is 11.2 Å². The minimum absolute atomic E-state index is 0.0399. The van der Waals surface area contributed by atoms with E-state index in [0.29, 0.717) is 42.8 Å². The van der Waals surface area contributed by atoms with Gasteiger partial charge in [0.1, 0.15) is 23.8 Å². The van der Waals surface area contributed by atoms with Gasteiger partial charge in [0.05, 0.1) is 24.2 Å². The predicted molar refractivity (Wildman–Crippen MR) is 185 cm³/mol. The molecule has 236 valence electrons. The molecule has 1 saturated heterocycles. The van der Waals surface area contributed by atoms with E-state index in [0.717, 1.165) is 83.3 Å². The second-order valence-electron chi connectivity index (χ2n) is 11.6. The monoisotopic (exact) mass is 616 g/mol. The van der Waals surface area contributed by atoms with Gasteiger partial charge >= 0.3 is 0 Å². The fourth-order valence-electron chi connectivity index (χ4n) is 6.09. The molecule has 3 aromatic rings. The lowest BCUT2D eigenvalue weighted by molar-refractivity contribution is -0.121. The van der Waals surface area contributed by atoms with Crippen LogP contribution in [0.4, 0.5) is 11.4 Å². The third kappa shape index (κ3) is 7.07. The molecule has 0 bridgehead atoms. The Labute approximate surface area is 269 Å². The number of amides is 1. The standard InChI is InChI=1S/C36H40N8O2/c1-4-6-25(19-23(2)42-32(45)20-24-11-15-37-16-12-24)29-9-10-31-34(43-29)35(41-22-40-31)36-39-17-13-28-30(44-36)14-18-38-33(28)26-7-5-8-27(21-26)46-3/h4-10,14,18-19,21,24,37,40H,1,11-13,15-17,20,22H2,2-3H3,(H,39,44)(H,42,45)/b23-19+,25-6+. The molecule has 46 heavy (non-hydrogen) atoms. The number of aliphatic imine (C=N–C) groups is 2. The molecule has 5 heterocycles. The summed E-state index contributed by atoms with van der Waals surface area (Å²) in [6.07, 6.45) is 10.7. The predicted octanol–water partition coefficient (Wildman–Crippen LogP) is 5.37. The summed E-state index contributed by atoms with van der Waals surface area (Å²) in [6, 6.07) is 13.9. The van der Waals surface area contributed by atoms with Gasteiger partial charge in [0.15, 0.2) is 5.84 Å². The maximum Gasteiger partial charge on any atom is 0.224 e. The number of aromatic nitrogens is 2. The van der Waals surface area contributed by atoms with Crippen LogP contribution in [0.15, 0.2) is 89.2 Å². The van der Waals surface area contributed by atoms with Gasteiger partial charge in [0.25, 0.3) is 0 Å². The van der Waals surface area contributed by atoms with Gasteiger partial charge in [-0.25, -0.2) is 4.98 Å². The minimum Gasteiger partial charge on any atom is -0.497 e. The second-order valence-corrected chi connectivity index (χ2v) is 11.6. The molecule has 1 amide bonds. The Hall–Kier alpha value is -5.09. The molecule has 0 unspecified atom stereocenters. The number of anilines is 2. The highest BCUT2D eigenvalue weighted by molar-refractivity contribution is 6.52. The van der Waals surface area contributed by atoms with Gasteiger partial charge < -0.3 is 26.0 Å². The van der Waals surface area contributed by atoms with E-state index in [2.05, 4.69) is 27.8 Å². The number of fused-ring (bicyclic) bond motifs is 2. The number of hydrogen-bond acceptors (Lipinski definition) is 9. The largest absolute Gasteiger partial charge is 0.497 e. The summed E-state index contributed by atoms with van der Waals surface area (Å²) in [4.78, 5) is 32.3. The number of ether oxygens (including phenoxy) is 1. The number of methoxy groups -OCH3 is 1. The molecule has 2 aromatic heterocycles. The first kappa shape index (κ1) is 30.9. The molecule has 10 heteroatoms. The Bertz CT molecular complexity index is 1750. The van der Waals surface area contributed by atoms with Crippen LogP contribution in [0.2, 0.25) is 0 Å². The Kier molecular flexibility index (Phi) is 9.64. The minimum atomic E-state index is 0.0399. The van der Waals surface area contributed by atoms with Gasteiger partial charge in [-0.05, 0) is 81.6 Å². The van der Waals surface area contributed by atoms with Gasteiger partial charge in [-0.2, -0.15) is 0 Å². The first-order valence-electron chi connectivity index (χ1n) is 15.8. The third-order valence-corrected chi connectivity index (χ3v) is 8.37. The van der Waals surface area contributed by atoms with Crippen molar-refractivity contribution in [2.45, 2.75) is 32.6 Å². The fourth-order valence-corrected chi connectivity index (χ4v) is 6.09. The van der Waals surface area contributed by atoms with Gasteiger partial charge in [0, 0.05) is 47.2 Å². The number of nitrogens with zero attached hydrogens (tertiary/aromatic N) is 4. The number of piperidine rings is 1. The Morgan fingerprint density at radius 1 is 1.11 bits per heavy atom. The number of rotatable bonds is 9. The van der Waals surface area contributed by atoms with E-state index in [1.165, 1.54) is 0 Å². The van der Waals surface area contributed by atoms with E-state index in [9.17, 15) is 4.79 Å². The van der Waals surface area contributed by atoms with Crippen molar-refractivity contribution in [3.05, 3.63) is 96.1 Å². The van der Waals surface area contributed by atoms with Crippen molar-refractivity contribution in [1.82, 2.24) is 20.6 Å². The number of allylic oxidation sites excluding steroid dienone is 5. The summed E-state index contributed by atoms with van der Waals surface area (Å²) in [5.74, 6) is 1.91. The van der Waals surface area contributed by atoms with Crippen molar-refractivity contribution < 1.29 is 9.53 Å². The highest BCUT2D eigenvalue weighted by Crippen LogP contribution is 2.32. The van der Waals surface area contributed by atoms with E-state index >= 15 is 0 Å². The maximum atomic E-state index is 12.8. The highest BCUT2D eigenvalue weighted by atomic mass is 16.5. The molecular formula is C36H40N8O2. The van der Waals surface area contributed by atoms with Gasteiger partial charge in [-0.1, -0.05) is 30.9 Å². The highest BCUT2D eigenvalue weighted by Gasteiger charge is 2.25. The van der Waals surface area contributed by atoms with Crippen LogP contribution < -0.4 is 26.0 Å². The summed E-state index contributed by atoms with van der Waals surface area (Å²) < 4.78 is 5.45. The number of amidine groups is 1. The zero-order valence-electron chi connectivity index (χ0n) is 26.4. The summed E-state index contributed by atoms with van der Waals surface area (Å²) >= 11 is 0. The maximum absolute atomic E-state index is 12.8. The molecule has 4 N–H and O–H groups in total. The van der Waals surface area contributed by atoms with Gasteiger partial charge in [-0.15, -0.1) is 0 Å². The van der Waals surface area contributed by atoms with Crippen LogP contribution in [0.3, 0.4) is 0 Å². The Morgan fingerprint density at radius 3 is 2.80 bits per heavy atom. The van der Waals surface area contributed by atoms with Crippen LogP contribution in [0.1, 0.15) is 43.1 Å². The van der Waals surface area contributed by atoms with Crippen LogP contribution in [0.5, 0.6) is 5.75 Å². The van der Waals surface area contributed by atoms with Gasteiger partial charge in [0.2, 0.25) is 5.91 Å². The smallest absolute Gasteiger partial charge is 0.224 e. The zero-order chi connectivity index (χ0) is 31.9. The van der Waals surface area contributed by atoms with Crippen LogP contribution in [0.25, 0.3) is 16.8 Å². The lowest BCUT2D eigenvalue weighted by Gasteiger charge is -2.22. The molecule has 0 atom stereocenters. The number of hydrogen-bond donors (Lipinski definition) is 4. The molecule has 1 aromatic carbocycles. The first-order valence-corrected chi connectivity index (χ1v) is 15.8. The van der Waals surface area contributed by atoms with E-state index in [1.807, 2.05) is 67.7 Å². The first-order chi connectivity index (χ1) is 22.5. The van der Waals surface area contributed by atoms with Crippen LogP contribution in [-0.4, -0.2) is 60.8 Å². The van der Waals surface area contributed by atoms with Crippen molar-refractivity contribution in [2.24, 2.45) is 15.9 Å². The van der Waals surface area contributed by atoms with E-state index in [4.69, 9.17) is 24.7 Å². The van der Waals surface area contributed by atoms with Crippen molar-refractivity contribution in [3.63, 3.8) is 0 Å². The average Bonchev–Trinajstić information content (AvgIpc) is 3.30. The third-order valence-electron chi connectivity index (χ3n) is 8.37. The quantitative estimate of drug-likeness (QED) is 0.238. The number of benzene rings is 1. The second kappa shape index (κ2) is 14.3. The van der Waals surface area contributed by atoms with E-state index in [1.54, 1.807) is 13.2 Å². The normalized spacial score (nSPS) is 16.8. The zero-order valence-corrected chi connectivity index (χ0v) is 26.4. The van der Waals surface area contributed by atoms with Crippen molar-refractivity contribution >= 4 is 34.4 Å². The summed E-state index contributed by atoms with van der Waals surface area (Å²) in [7, 11) is 1.67. The molecule has 3 aliphatic heterocycles. The van der Waals surface area contributed by atoms with Gasteiger partial charge in [-0.3, -0.25) is 19.8 Å². The summed E-state index contributed by atoms with van der Waals surface area (Å²) in [5, 5.41) is 13.3. The van der Waals surface area contributed by atoms with Crippen LogP contribution >= 0.6 is 0 Å². The molecule has 6 rings (SSSR count). The SMILES string of the molecule is C=C/C=C(\C=C(/C)NC(=O)CC1CCNCC1)c1ccc2c(n1)C(C1=NCCc3c(ccnc3-c3cccc(OC)c3)N1)=NCN2. The Morgan fingerprint density at radius 2 is 1.98 bits per heavy atom. The number of pyridine rings is 2. The van der Waals surface area contributed by atoms with Crippen LogP contribution in [0, 0.1) is 5.92 Å². The lowest BCUT2D eigenvalue weighted by atomic mass is 9.94. The molecule has 0 radical (unpaired) electrons. The molecule has 10 nitrogen and oxygen atoms in total. The van der Waals surface area contributed by atoms with E-state index < -0.39 is 0 Å². The Balaban J connectivity index is 1.25. The average molecular weight is 617 g/mol. The molecule has 0 spiro atoms. The van der Waals surface area contributed by atoms with E-state index in [-0.39, 0.29) is 5.91 Å². The van der Waals surface area contributed by atoms with Crippen molar-refractivity contribution in [2.75, 3.05) is 44.0 Å². The summed E-state index contributed by atoms with van der Waals surface area (Å²) in [5.41, 5.74) is 8.52. The molecule has 3 aliphatic rings.